The van der Waals surface area contributed by atoms with Crippen molar-refractivity contribution in [2.75, 3.05) is 19.1 Å². The number of benzene rings is 1. The van der Waals surface area contributed by atoms with E-state index in [4.69, 9.17) is 0 Å². The lowest BCUT2D eigenvalue weighted by molar-refractivity contribution is -0.114. The van der Waals surface area contributed by atoms with Crippen LogP contribution in [0.4, 0.5) is 5.69 Å². The predicted molar refractivity (Wildman–Crippen MR) is 82.9 cm³/mol. The number of allylic oxidation sites excluding steroid dienone is 1. The minimum absolute atomic E-state index is 0.0584. The number of hydrogen-bond donors (Lipinski definition) is 0. The van der Waals surface area contributed by atoms with Gasteiger partial charge in [-0.1, -0.05) is 6.07 Å². The largest absolute Gasteiger partial charge is 0.380 e. The van der Waals surface area contributed by atoms with Crippen LogP contribution in [0.25, 0.3) is 0 Å². The quantitative estimate of drug-likeness (QED) is 0.775. The third-order valence-electron chi connectivity index (χ3n) is 3.79. The number of carbonyl (C=O) groups excluding carboxylic acids is 1. The molecule has 1 aliphatic rings. The number of nitrogens with zero attached hydrogens (tertiary/aromatic N) is 3. The van der Waals surface area contributed by atoms with Crippen molar-refractivity contribution in [2.45, 2.75) is 27.7 Å². The standard InChI is InChI=1S/C16H21N3O/c1-10-7-8-14(9-11(10)2)19-16(20)15(12(3)17-19)13(4)18(5)6/h7-9H,1-6H3/b15-13-. The first kappa shape index (κ1) is 14.3. The molecule has 0 spiro atoms. The molecule has 0 aromatic heterocycles. The van der Waals surface area contributed by atoms with E-state index in [2.05, 4.69) is 12.0 Å². The van der Waals surface area contributed by atoms with E-state index in [1.165, 1.54) is 10.6 Å². The van der Waals surface area contributed by atoms with Gasteiger partial charge in [0, 0.05) is 19.8 Å². The van der Waals surface area contributed by atoms with Gasteiger partial charge in [-0.25, -0.2) is 0 Å². The number of rotatable bonds is 2. The SMILES string of the molecule is CC1=NN(c2ccc(C)c(C)c2)C(=O)/C1=C(/C)N(C)C. The van der Waals surface area contributed by atoms with Crippen LogP contribution >= 0.6 is 0 Å². The molecular weight excluding hydrogens is 250 g/mol. The predicted octanol–water partition coefficient (Wildman–Crippen LogP) is 2.86. The van der Waals surface area contributed by atoms with Crippen LogP contribution in [0.2, 0.25) is 0 Å². The van der Waals surface area contributed by atoms with Crippen molar-refractivity contribution < 1.29 is 4.79 Å². The number of aryl methyl sites for hydroxylation is 2. The summed E-state index contributed by atoms with van der Waals surface area (Å²) in [7, 11) is 3.86. The van der Waals surface area contributed by atoms with Gasteiger partial charge in [0.25, 0.3) is 5.91 Å². The Morgan fingerprint density at radius 2 is 1.80 bits per heavy atom. The smallest absolute Gasteiger partial charge is 0.282 e. The zero-order chi connectivity index (χ0) is 15.0. The summed E-state index contributed by atoms with van der Waals surface area (Å²) in [5.74, 6) is -0.0584. The van der Waals surface area contributed by atoms with Crippen LogP contribution in [-0.4, -0.2) is 30.6 Å². The van der Waals surface area contributed by atoms with E-state index in [1.807, 2.05) is 58.0 Å². The third kappa shape index (κ3) is 2.33. The summed E-state index contributed by atoms with van der Waals surface area (Å²) in [6.45, 7) is 7.91. The van der Waals surface area contributed by atoms with E-state index in [9.17, 15) is 4.79 Å². The minimum atomic E-state index is -0.0584. The van der Waals surface area contributed by atoms with Crippen molar-refractivity contribution in [3.8, 4) is 0 Å². The van der Waals surface area contributed by atoms with Crippen LogP contribution in [0.1, 0.15) is 25.0 Å². The van der Waals surface area contributed by atoms with Crippen LogP contribution in [0, 0.1) is 13.8 Å². The summed E-state index contributed by atoms with van der Waals surface area (Å²) in [4.78, 5) is 14.5. The molecule has 0 fully saturated rings. The number of carbonyl (C=O) groups is 1. The summed E-state index contributed by atoms with van der Waals surface area (Å²) < 4.78 is 0. The third-order valence-corrected chi connectivity index (χ3v) is 3.79. The van der Waals surface area contributed by atoms with Crippen molar-refractivity contribution in [2.24, 2.45) is 5.10 Å². The first-order valence-electron chi connectivity index (χ1n) is 6.68. The fourth-order valence-electron chi connectivity index (χ4n) is 2.18. The van der Waals surface area contributed by atoms with Crippen molar-refractivity contribution >= 4 is 17.3 Å². The zero-order valence-electron chi connectivity index (χ0n) is 13.0. The molecule has 1 amide bonds. The topological polar surface area (TPSA) is 35.9 Å². The van der Waals surface area contributed by atoms with Gasteiger partial charge in [-0.05, 0) is 51.0 Å². The summed E-state index contributed by atoms with van der Waals surface area (Å²) in [5.41, 5.74) is 5.57. The van der Waals surface area contributed by atoms with Gasteiger partial charge in [-0.15, -0.1) is 0 Å². The van der Waals surface area contributed by atoms with Gasteiger partial charge < -0.3 is 4.90 Å². The Kier molecular flexibility index (Phi) is 3.66. The number of anilines is 1. The number of hydrazone groups is 1. The van der Waals surface area contributed by atoms with Gasteiger partial charge in [0.05, 0.1) is 17.0 Å². The maximum atomic E-state index is 12.6. The maximum absolute atomic E-state index is 12.6. The minimum Gasteiger partial charge on any atom is -0.380 e. The van der Waals surface area contributed by atoms with Gasteiger partial charge >= 0.3 is 0 Å². The molecule has 1 aromatic rings. The maximum Gasteiger partial charge on any atom is 0.282 e. The summed E-state index contributed by atoms with van der Waals surface area (Å²) in [6, 6.07) is 5.95. The molecule has 1 aromatic carbocycles. The molecule has 0 radical (unpaired) electrons. The Balaban J connectivity index is 2.45. The van der Waals surface area contributed by atoms with Crippen LogP contribution < -0.4 is 5.01 Å². The monoisotopic (exact) mass is 271 g/mol. The summed E-state index contributed by atoms with van der Waals surface area (Å²) >= 11 is 0. The molecule has 2 rings (SSSR count). The molecular formula is C16H21N3O. The van der Waals surface area contributed by atoms with Crippen LogP contribution in [0.15, 0.2) is 34.6 Å². The fraction of sp³-hybridized carbons (Fsp3) is 0.375. The van der Waals surface area contributed by atoms with E-state index in [-0.39, 0.29) is 5.91 Å². The lowest BCUT2D eigenvalue weighted by Crippen LogP contribution is -2.24. The lowest BCUT2D eigenvalue weighted by Gasteiger charge is -2.17. The van der Waals surface area contributed by atoms with E-state index in [1.54, 1.807) is 0 Å². The molecule has 4 heteroatoms. The second-order valence-corrected chi connectivity index (χ2v) is 5.43. The molecule has 20 heavy (non-hydrogen) atoms. The summed E-state index contributed by atoms with van der Waals surface area (Å²) in [5, 5.41) is 5.90. The highest BCUT2D eigenvalue weighted by Crippen LogP contribution is 2.27. The Labute approximate surface area is 120 Å². The van der Waals surface area contributed by atoms with Crippen LogP contribution in [0.3, 0.4) is 0 Å². The van der Waals surface area contributed by atoms with Crippen molar-refractivity contribution in [3.05, 3.63) is 40.6 Å². The molecule has 0 atom stereocenters. The second-order valence-electron chi connectivity index (χ2n) is 5.43. The summed E-state index contributed by atoms with van der Waals surface area (Å²) in [6.07, 6.45) is 0. The lowest BCUT2D eigenvalue weighted by atomic mass is 10.1. The Bertz CT molecular complexity index is 627. The van der Waals surface area contributed by atoms with E-state index >= 15 is 0 Å². The fourth-order valence-corrected chi connectivity index (χ4v) is 2.18. The molecule has 1 aliphatic heterocycles. The van der Waals surface area contributed by atoms with Crippen LogP contribution in [0.5, 0.6) is 0 Å². The van der Waals surface area contributed by atoms with Gasteiger partial charge in [-0.2, -0.15) is 10.1 Å². The van der Waals surface area contributed by atoms with Gasteiger partial charge in [0.2, 0.25) is 0 Å². The Hall–Kier alpha value is -2.10. The molecule has 0 saturated carbocycles. The van der Waals surface area contributed by atoms with Gasteiger partial charge in [0.15, 0.2) is 0 Å². The van der Waals surface area contributed by atoms with Crippen molar-refractivity contribution in [3.63, 3.8) is 0 Å². The second kappa shape index (κ2) is 5.12. The van der Waals surface area contributed by atoms with Crippen molar-refractivity contribution in [1.82, 2.24) is 4.90 Å². The van der Waals surface area contributed by atoms with Gasteiger partial charge in [0.1, 0.15) is 0 Å². The van der Waals surface area contributed by atoms with Crippen LogP contribution in [-0.2, 0) is 4.79 Å². The molecule has 106 valence electrons. The number of amides is 1. The highest BCUT2D eigenvalue weighted by atomic mass is 16.2. The molecule has 4 nitrogen and oxygen atoms in total. The zero-order valence-corrected chi connectivity index (χ0v) is 13.0. The van der Waals surface area contributed by atoms with E-state index < -0.39 is 0 Å². The first-order valence-corrected chi connectivity index (χ1v) is 6.68. The van der Waals surface area contributed by atoms with E-state index in [0.29, 0.717) is 5.57 Å². The molecule has 0 unspecified atom stereocenters. The molecule has 0 N–H and O–H groups in total. The molecule has 1 heterocycles. The first-order chi connectivity index (χ1) is 9.32. The van der Waals surface area contributed by atoms with E-state index in [0.717, 1.165) is 22.7 Å². The Morgan fingerprint density at radius 1 is 1.15 bits per heavy atom. The molecule has 0 saturated heterocycles. The van der Waals surface area contributed by atoms with Gasteiger partial charge in [-0.3, -0.25) is 4.79 Å². The molecule has 0 bridgehead atoms. The average molecular weight is 271 g/mol. The molecule has 0 aliphatic carbocycles. The highest BCUT2D eigenvalue weighted by Gasteiger charge is 2.31. The normalized spacial score (nSPS) is 17.4. The number of hydrogen-bond acceptors (Lipinski definition) is 3. The Morgan fingerprint density at radius 3 is 2.35 bits per heavy atom. The highest BCUT2D eigenvalue weighted by molar-refractivity contribution is 6.30. The van der Waals surface area contributed by atoms with Crippen molar-refractivity contribution in [1.29, 1.82) is 0 Å². The average Bonchev–Trinajstić information content (AvgIpc) is 2.67.